The van der Waals surface area contributed by atoms with Gasteiger partial charge in [0.2, 0.25) is 0 Å². The van der Waals surface area contributed by atoms with Crippen LogP contribution in [0.5, 0.6) is 0 Å². The Labute approximate surface area is 166 Å². The van der Waals surface area contributed by atoms with Gasteiger partial charge < -0.3 is 9.30 Å². The van der Waals surface area contributed by atoms with Crippen molar-refractivity contribution >= 4 is 22.5 Å². The maximum absolute atomic E-state index is 13.1. The van der Waals surface area contributed by atoms with E-state index in [2.05, 4.69) is 17.3 Å². The van der Waals surface area contributed by atoms with Crippen molar-refractivity contribution < 1.29 is 4.74 Å². The third kappa shape index (κ3) is 3.37. The largest absolute Gasteiger partial charge is 0.371 e. The molecule has 0 saturated carbocycles. The van der Waals surface area contributed by atoms with Gasteiger partial charge in [0, 0.05) is 13.1 Å². The summed E-state index contributed by atoms with van der Waals surface area (Å²) >= 11 is 6.25. The third-order valence-corrected chi connectivity index (χ3v) is 5.20. The van der Waals surface area contributed by atoms with Gasteiger partial charge in [0.15, 0.2) is 0 Å². The van der Waals surface area contributed by atoms with Crippen LogP contribution in [0.4, 0.5) is 0 Å². The van der Waals surface area contributed by atoms with Crippen LogP contribution in [0.3, 0.4) is 0 Å². The normalized spacial score (nSPS) is 13.9. The molecule has 0 atom stereocenters. The summed E-state index contributed by atoms with van der Waals surface area (Å²) in [5, 5.41) is 3.86. The van der Waals surface area contributed by atoms with Gasteiger partial charge >= 0.3 is 0 Å². The Bertz CT molecular complexity index is 1210. The van der Waals surface area contributed by atoms with Crippen LogP contribution in [0.15, 0.2) is 63.7 Å². The maximum atomic E-state index is 13.1. The molecular formula is C21H20ClN3O3. The summed E-state index contributed by atoms with van der Waals surface area (Å²) in [5.74, 6) is 0. The predicted octanol–water partition coefficient (Wildman–Crippen LogP) is 3.46. The molecule has 4 rings (SSSR count). The standard InChI is InChI=1S/C21H20ClN3O3/c1-24-18(13-28-12-14-7-3-2-4-8-14)20-16(11-19(24)26)23-25(21(20)27)17-10-6-5-9-15(17)22/h3,5-11,23H,2,4,12-13H2,1H3. The molecule has 0 bridgehead atoms. The van der Waals surface area contributed by atoms with Gasteiger partial charge in [0.1, 0.15) is 0 Å². The average Bonchev–Trinajstić information content (AvgIpc) is 3.02. The number of aromatic amines is 1. The molecular weight excluding hydrogens is 378 g/mol. The van der Waals surface area contributed by atoms with Crippen LogP contribution in [0, 0.1) is 0 Å². The summed E-state index contributed by atoms with van der Waals surface area (Å²) in [5.41, 5.74) is 2.15. The Balaban J connectivity index is 1.75. The van der Waals surface area contributed by atoms with E-state index < -0.39 is 0 Å². The molecule has 0 unspecified atom stereocenters. The highest BCUT2D eigenvalue weighted by Gasteiger charge is 2.17. The number of nitrogens with one attached hydrogen (secondary N) is 1. The van der Waals surface area contributed by atoms with Crippen LogP contribution >= 0.6 is 11.6 Å². The number of pyridine rings is 1. The van der Waals surface area contributed by atoms with E-state index in [1.807, 2.05) is 6.08 Å². The number of allylic oxidation sites excluding steroid dienone is 2. The van der Waals surface area contributed by atoms with Crippen LogP contribution in [-0.4, -0.2) is 21.0 Å². The van der Waals surface area contributed by atoms with Gasteiger partial charge in [0.25, 0.3) is 11.1 Å². The lowest BCUT2D eigenvalue weighted by atomic mass is 10.1. The zero-order chi connectivity index (χ0) is 19.7. The number of fused-ring (bicyclic) bond motifs is 1. The number of halogens is 1. The summed E-state index contributed by atoms with van der Waals surface area (Å²) < 4.78 is 8.65. The van der Waals surface area contributed by atoms with Crippen LogP contribution < -0.4 is 11.1 Å². The van der Waals surface area contributed by atoms with Gasteiger partial charge in [-0.25, -0.2) is 4.68 Å². The van der Waals surface area contributed by atoms with Gasteiger partial charge in [-0.05, 0) is 30.5 Å². The highest BCUT2D eigenvalue weighted by molar-refractivity contribution is 6.32. The molecule has 2 heterocycles. The zero-order valence-corrected chi connectivity index (χ0v) is 16.2. The van der Waals surface area contributed by atoms with Crippen LogP contribution in [-0.2, 0) is 18.4 Å². The molecule has 0 saturated heterocycles. The summed E-state index contributed by atoms with van der Waals surface area (Å²) in [7, 11) is 1.65. The van der Waals surface area contributed by atoms with Gasteiger partial charge in [-0.2, -0.15) is 0 Å². The Morgan fingerprint density at radius 2 is 2.00 bits per heavy atom. The molecule has 0 radical (unpaired) electrons. The molecule has 1 aromatic carbocycles. The van der Waals surface area contributed by atoms with Crippen molar-refractivity contribution in [3.05, 3.63) is 85.6 Å². The van der Waals surface area contributed by atoms with E-state index >= 15 is 0 Å². The maximum Gasteiger partial charge on any atom is 0.281 e. The molecule has 7 heteroatoms. The lowest BCUT2D eigenvalue weighted by molar-refractivity contribution is 0.139. The second kappa shape index (κ2) is 7.66. The highest BCUT2D eigenvalue weighted by Crippen LogP contribution is 2.20. The second-order valence-corrected chi connectivity index (χ2v) is 7.14. The fourth-order valence-electron chi connectivity index (χ4n) is 3.37. The number of nitrogens with zero attached hydrogens (tertiary/aromatic N) is 2. The first-order valence-electron chi connectivity index (χ1n) is 9.08. The number of hydrogen-bond acceptors (Lipinski definition) is 3. The molecule has 1 aliphatic carbocycles. The number of rotatable bonds is 5. The summed E-state index contributed by atoms with van der Waals surface area (Å²) in [4.78, 5) is 25.5. The minimum Gasteiger partial charge on any atom is -0.371 e. The number of para-hydroxylation sites is 1. The number of aromatic nitrogens is 3. The minimum atomic E-state index is -0.269. The van der Waals surface area contributed by atoms with Crippen molar-refractivity contribution in [3.8, 4) is 5.69 Å². The number of benzene rings is 1. The molecule has 28 heavy (non-hydrogen) atoms. The molecule has 1 N–H and O–H groups in total. The summed E-state index contributed by atoms with van der Waals surface area (Å²) in [6.07, 6.45) is 8.35. The van der Waals surface area contributed by atoms with Crippen molar-refractivity contribution in [2.75, 3.05) is 6.61 Å². The van der Waals surface area contributed by atoms with Crippen molar-refractivity contribution in [3.63, 3.8) is 0 Å². The predicted molar refractivity (Wildman–Crippen MR) is 110 cm³/mol. The number of hydrogen-bond donors (Lipinski definition) is 1. The molecule has 0 amide bonds. The Kier molecular flexibility index (Phi) is 5.07. The van der Waals surface area contributed by atoms with Gasteiger partial charge in [-0.15, -0.1) is 0 Å². The first kappa shape index (κ1) is 18.5. The number of H-pyrrole nitrogens is 1. The van der Waals surface area contributed by atoms with Gasteiger partial charge in [-0.3, -0.25) is 14.7 Å². The second-order valence-electron chi connectivity index (χ2n) is 6.73. The van der Waals surface area contributed by atoms with Crippen molar-refractivity contribution in [1.29, 1.82) is 0 Å². The van der Waals surface area contributed by atoms with E-state index in [-0.39, 0.29) is 17.7 Å². The lowest BCUT2D eigenvalue weighted by Gasteiger charge is -2.11. The zero-order valence-electron chi connectivity index (χ0n) is 15.4. The van der Waals surface area contributed by atoms with E-state index in [0.29, 0.717) is 33.9 Å². The molecule has 144 valence electrons. The fourth-order valence-corrected chi connectivity index (χ4v) is 3.59. The summed E-state index contributed by atoms with van der Waals surface area (Å²) in [6, 6.07) is 8.47. The first-order chi connectivity index (χ1) is 13.6. The molecule has 3 aromatic rings. The Hall–Kier alpha value is -2.83. The summed E-state index contributed by atoms with van der Waals surface area (Å²) in [6.45, 7) is 0.591. The van der Waals surface area contributed by atoms with Crippen LogP contribution in [0.25, 0.3) is 16.6 Å². The number of ether oxygens (including phenoxy) is 1. The van der Waals surface area contributed by atoms with Gasteiger partial charge in [-0.1, -0.05) is 42.0 Å². The first-order valence-corrected chi connectivity index (χ1v) is 9.46. The average molecular weight is 398 g/mol. The highest BCUT2D eigenvalue weighted by atomic mass is 35.5. The van der Waals surface area contributed by atoms with E-state index in [1.54, 1.807) is 31.3 Å². The molecule has 0 fully saturated rings. The lowest BCUT2D eigenvalue weighted by Crippen LogP contribution is -2.23. The SMILES string of the molecule is Cn1c(COCC2=CCCC=C2)c2c(=O)n(-c3ccccc3Cl)[nH]c2cc1=O. The van der Waals surface area contributed by atoms with Crippen LogP contribution in [0.1, 0.15) is 18.5 Å². The molecule has 1 aliphatic rings. The van der Waals surface area contributed by atoms with E-state index in [0.717, 1.165) is 18.4 Å². The quantitative estimate of drug-likeness (QED) is 0.716. The Morgan fingerprint density at radius 1 is 1.18 bits per heavy atom. The Morgan fingerprint density at radius 3 is 2.75 bits per heavy atom. The van der Waals surface area contributed by atoms with Crippen molar-refractivity contribution in [2.45, 2.75) is 19.4 Å². The smallest absolute Gasteiger partial charge is 0.281 e. The molecule has 6 nitrogen and oxygen atoms in total. The topological polar surface area (TPSA) is 69.0 Å². The fraction of sp³-hybridized carbons (Fsp3) is 0.238. The molecule has 0 spiro atoms. The third-order valence-electron chi connectivity index (χ3n) is 4.88. The van der Waals surface area contributed by atoms with E-state index in [1.165, 1.54) is 15.3 Å². The minimum absolute atomic E-state index is 0.157. The van der Waals surface area contributed by atoms with E-state index in [4.69, 9.17) is 16.3 Å². The van der Waals surface area contributed by atoms with Crippen molar-refractivity contribution in [2.24, 2.45) is 7.05 Å². The van der Waals surface area contributed by atoms with Crippen LogP contribution in [0.2, 0.25) is 5.02 Å². The van der Waals surface area contributed by atoms with E-state index in [9.17, 15) is 9.59 Å². The van der Waals surface area contributed by atoms with Crippen molar-refractivity contribution in [1.82, 2.24) is 14.3 Å². The van der Waals surface area contributed by atoms with Gasteiger partial charge in [0.05, 0.1) is 40.5 Å². The molecule has 2 aromatic heterocycles. The molecule has 0 aliphatic heterocycles. The monoisotopic (exact) mass is 397 g/mol.